The maximum Gasteiger partial charge on any atom is 0.328 e. The third kappa shape index (κ3) is 3.98. The number of benzene rings is 1. The molecule has 0 fully saturated rings. The molecule has 0 saturated carbocycles. The number of carboxylic acids is 1. The summed E-state index contributed by atoms with van der Waals surface area (Å²) in [6.45, 7) is 1.94. The van der Waals surface area contributed by atoms with Crippen LogP contribution in [0.2, 0.25) is 0 Å². The van der Waals surface area contributed by atoms with Gasteiger partial charge in [0.05, 0.1) is 0 Å². The molecule has 90 valence electrons. The fourth-order valence-corrected chi connectivity index (χ4v) is 1.43. The molecule has 0 unspecified atom stereocenters. The molecule has 0 heterocycles. The van der Waals surface area contributed by atoms with Gasteiger partial charge in [-0.15, -0.1) is 0 Å². The molecule has 0 aliphatic rings. The molecule has 2 amide bonds. The molecule has 1 rings (SSSR count). The highest BCUT2D eigenvalue weighted by atomic mass is 16.4. The van der Waals surface area contributed by atoms with Crippen LogP contribution in [0.3, 0.4) is 0 Å². The minimum absolute atomic E-state index is 0.617. The largest absolute Gasteiger partial charge is 0.478 e. The molecule has 4 N–H and O–H groups in total. The number of nitrogens with one attached hydrogen (secondary N) is 1. The number of primary amides is 1. The highest BCUT2D eigenvalue weighted by molar-refractivity contribution is 5.89. The minimum Gasteiger partial charge on any atom is -0.478 e. The summed E-state index contributed by atoms with van der Waals surface area (Å²) in [5.74, 6) is -0.998. The molecule has 0 bridgehead atoms. The van der Waals surface area contributed by atoms with E-state index in [0.29, 0.717) is 12.1 Å². The third-order valence-corrected chi connectivity index (χ3v) is 2.19. The second-order valence-corrected chi connectivity index (χ2v) is 3.43. The number of aryl methyl sites for hydroxylation is 1. The quantitative estimate of drug-likeness (QED) is 0.694. The molecular weight excluding hydrogens is 220 g/mol. The van der Waals surface area contributed by atoms with Crippen molar-refractivity contribution in [3.8, 4) is 0 Å². The molecule has 0 aromatic heterocycles. The van der Waals surface area contributed by atoms with Crippen molar-refractivity contribution in [3.63, 3.8) is 0 Å². The first-order valence-corrected chi connectivity index (χ1v) is 5.13. The topological polar surface area (TPSA) is 92.4 Å². The van der Waals surface area contributed by atoms with Crippen molar-refractivity contribution in [1.29, 1.82) is 0 Å². The molecule has 5 nitrogen and oxygen atoms in total. The van der Waals surface area contributed by atoms with Gasteiger partial charge < -0.3 is 16.2 Å². The van der Waals surface area contributed by atoms with Crippen LogP contribution in [0.25, 0.3) is 6.08 Å². The van der Waals surface area contributed by atoms with Crippen LogP contribution in [0.5, 0.6) is 0 Å². The van der Waals surface area contributed by atoms with Gasteiger partial charge in [0.2, 0.25) is 0 Å². The van der Waals surface area contributed by atoms with Crippen molar-refractivity contribution in [2.75, 3.05) is 5.32 Å². The molecule has 0 radical (unpaired) electrons. The number of carboxylic acid groups (broad SMARTS) is 1. The molecule has 0 aliphatic carbocycles. The second kappa shape index (κ2) is 5.69. The van der Waals surface area contributed by atoms with E-state index in [1.54, 1.807) is 12.1 Å². The summed E-state index contributed by atoms with van der Waals surface area (Å²) in [7, 11) is 0. The van der Waals surface area contributed by atoms with E-state index in [2.05, 4.69) is 5.32 Å². The van der Waals surface area contributed by atoms with Crippen molar-refractivity contribution in [3.05, 3.63) is 35.4 Å². The number of hydrogen-bond acceptors (Lipinski definition) is 2. The zero-order valence-electron chi connectivity index (χ0n) is 9.43. The number of carbonyl (C=O) groups is 2. The van der Waals surface area contributed by atoms with Crippen LogP contribution in [0.4, 0.5) is 10.5 Å². The van der Waals surface area contributed by atoms with Crippen molar-refractivity contribution < 1.29 is 14.7 Å². The Labute approximate surface area is 98.9 Å². The molecule has 0 saturated heterocycles. The van der Waals surface area contributed by atoms with E-state index in [1.807, 2.05) is 13.0 Å². The molecular formula is C12H14N2O3. The zero-order valence-corrected chi connectivity index (χ0v) is 9.43. The average molecular weight is 234 g/mol. The molecule has 0 atom stereocenters. The zero-order chi connectivity index (χ0) is 12.8. The normalized spacial score (nSPS) is 10.4. The first kappa shape index (κ1) is 12.8. The number of urea groups is 1. The van der Waals surface area contributed by atoms with Gasteiger partial charge in [-0.3, -0.25) is 0 Å². The molecule has 5 heteroatoms. The van der Waals surface area contributed by atoms with Gasteiger partial charge in [0.1, 0.15) is 0 Å². The van der Waals surface area contributed by atoms with E-state index in [-0.39, 0.29) is 0 Å². The summed E-state index contributed by atoms with van der Waals surface area (Å²) in [6, 6.07) is 4.60. The Hall–Kier alpha value is -2.30. The van der Waals surface area contributed by atoms with Crippen LogP contribution < -0.4 is 11.1 Å². The third-order valence-electron chi connectivity index (χ3n) is 2.19. The van der Waals surface area contributed by atoms with Crippen molar-refractivity contribution >= 4 is 23.8 Å². The number of amides is 2. The van der Waals surface area contributed by atoms with Gasteiger partial charge in [0.15, 0.2) is 0 Å². The highest BCUT2D eigenvalue weighted by Crippen LogP contribution is 2.19. The first-order chi connectivity index (χ1) is 8.02. The van der Waals surface area contributed by atoms with Crippen LogP contribution in [0.15, 0.2) is 24.3 Å². The van der Waals surface area contributed by atoms with Crippen LogP contribution in [-0.4, -0.2) is 17.1 Å². The molecule has 0 aliphatic heterocycles. The number of aliphatic carboxylic acids is 1. The summed E-state index contributed by atoms with van der Waals surface area (Å²) in [4.78, 5) is 21.1. The van der Waals surface area contributed by atoms with Crippen LogP contribution in [0, 0.1) is 0 Å². The van der Waals surface area contributed by atoms with Gasteiger partial charge in [-0.2, -0.15) is 0 Å². The van der Waals surface area contributed by atoms with Gasteiger partial charge in [-0.05, 0) is 35.8 Å². The summed E-state index contributed by atoms with van der Waals surface area (Å²) in [6.07, 6.45) is 3.27. The Morgan fingerprint density at radius 3 is 2.71 bits per heavy atom. The maximum absolute atomic E-state index is 10.8. The summed E-state index contributed by atoms with van der Waals surface area (Å²) in [5.41, 5.74) is 7.35. The smallest absolute Gasteiger partial charge is 0.328 e. The summed E-state index contributed by atoms with van der Waals surface area (Å²) in [5, 5.41) is 11.0. The Morgan fingerprint density at radius 2 is 2.18 bits per heavy atom. The maximum atomic E-state index is 10.8. The van der Waals surface area contributed by atoms with E-state index in [9.17, 15) is 9.59 Å². The lowest BCUT2D eigenvalue weighted by atomic mass is 10.1. The Kier molecular flexibility index (Phi) is 4.28. The molecule has 0 spiro atoms. The van der Waals surface area contributed by atoms with Gasteiger partial charge >= 0.3 is 12.0 Å². The number of hydrogen-bond donors (Lipinski definition) is 3. The molecule has 1 aromatic rings. The van der Waals surface area contributed by atoms with Crippen molar-refractivity contribution in [1.82, 2.24) is 0 Å². The fraction of sp³-hybridized carbons (Fsp3) is 0.167. The van der Waals surface area contributed by atoms with E-state index in [1.165, 1.54) is 6.08 Å². The SMILES string of the molecule is CCc1cc(/C=C/C(=O)O)ccc1NC(N)=O. The average Bonchev–Trinajstić information content (AvgIpc) is 2.26. The Morgan fingerprint density at radius 1 is 1.47 bits per heavy atom. The number of nitrogens with two attached hydrogens (primary N) is 1. The number of rotatable bonds is 4. The number of anilines is 1. The van der Waals surface area contributed by atoms with Gasteiger partial charge in [0.25, 0.3) is 0 Å². The van der Waals surface area contributed by atoms with E-state index in [4.69, 9.17) is 10.8 Å². The van der Waals surface area contributed by atoms with Crippen molar-refractivity contribution in [2.45, 2.75) is 13.3 Å². The second-order valence-electron chi connectivity index (χ2n) is 3.43. The lowest BCUT2D eigenvalue weighted by Crippen LogP contribution is -2.20. The number of carbonyl (C=O) groups excluding carboxylic acids is 1. The standard InChI is InChI=1S/C12H14N2O3/c1-2-9-7-8(4-6-11(15)16)3-5-10(9)14-12(13)17/h3-7H,2H2,1H3,(H,15,16)(H3,13,14,17)/b6-4+. The first-order valence-electron chi connectivity index (χ1n) is 5.13. The Balaban J connectivity index is 2.99. The van der Waals surface area contributed by atoms with E-state index >= 15 is 0 Å². The predicted octanol–water partition coefficient (Wildman–Crippen LogP) is 1.84. The molecule has 1 aromatic carbocycles. The van der Waals surface area contributed by atoms with Crippen LogP contribution in [-0.2, 0) is 11.2 Å². The monoisotopic (exact) mass is 234 g/mol. The highest BCUT2D eigenvalue weighted by Gasteiger charge is 2.03. The summed E-state index contributed by atoms with van der Waals surface area (Å²) < 4.78 is 0. The van der Waals surface area contributed by atoms with Crippen molar-refractivity contribution in [2.24, 2.45) is 5.73 Å². The van der Waals surface area contributed by atoms with E-state index < -0.39 is 12.0 Å². The Bertz CT molecular complexity index is 467. The van der Waals surface area contributed by atoms with Gasteiger partial charge in [0, 0.05) is 11.8 Å². The fourth-order valence-electron chi connectivity index (χ4n) is 1.43. The van der Waals surface area contributed by atoms with Gasteiger partial charge in [-0.25, -0.2) is 9.59 Å². The molecule has 17 heavy (non-hydrogen) atoms. The van der Waals surface area contributed by atoms with Crippen LogP contribution >= 0.6 is 0 Å². The van der Waals surface area contributed by atoms with E-state index in [0.717, 1.165) is 17.2 Å². The van der Waals surface area contributed by atoms with Crippen LogP contribution in [0.1, 0.15) is 18.1 Å². The summed E-state index contributed by atoms with van der Waals surface area (Å²) >= 11 is 0. The predicted molar refractivity (Wildman–Crippen MR) is 65.7 cm³/mol. The minimum atomic E-state index is -0.998. The lowest BCUT2D eigenvalue weighted by Gasteiger charge is -2.08. The van der Waals surface area contributed by atoms with Gasteiger partial charge in [-0.1, -0.05) is 13.0 Å². The lowest BCUT2D eigenvalue weighted by molar-refractivity contribution is -0.131.